The van der Waals surface area contributed by atoms with Gasteiger partial charge in [-0.1, -0.05) is 35.3 Å². The number of carbonyl (C=O) groups is 3. The summed E-state index contributed by atoms with van der Waals surface area (Å²) >= 11 is 24.9. The Morgan fingerprint density at radius 3 is 2.25 bits per heavy atom. The van der Waals surface area contributed by atoms with E-state index in [0.717, 1.165) is 0 Å². The van der Waals surface area contributed by atoms with Crippen molar-refractivity contribution in [3.05, 3.63) is 81.6 Å². The minimum absolute atomic E-state index is 0.0486. The van der Waals surface area contributed by atoms with Crippen molar-refractivity contribution in [1.82, 2.24) is 4.98 Å². The lowest BCUT2D eigenvalue weighted by atomic mass is 10.1. The Bertz CT molecular complexity index is 1500. The second-order valence-corrected chi connectivity index (χ2v) is 12.2. The number of benzene rings is 2. The van der Waals surface area contributed by atoms with Gasteiger partial charge in [0.05, 0.1) is 21.5 Å². The number of ether oxygens (including phenoxy) is 1. The Kier molecular flexibility index (Phi) is 8.52. The van der Waals surface area contributed by atoms with Gasteiger partial charge in [-0.25, -0.2) is 14.2 Å². The zero-order chi connectivity index (χ0) is 29.4. The van der Waals surface area contributed by atoms with E-state index in [2.05, 4.69) is 20.9 Å². The fourth-order valence-corrected chi connectivity index (χ4v) is 5.16. The number of pyridine rings is 1. The van der Waals surface area contributed by atoms with E-state index in [1.165, 1.54) is 48.5 Å². The number of hydrogen-bond acceptors (Lipinski definition) is 5. The molecule has 210 valence electrons. The molecule has 0 spiro atoms. The third-order valence-electron chi connectivity index (χ3n) is 5.74. The number of carbonyl (C=O) groups excluding carboxylic acids is 3. The smallest absolute Gasteiger partial charge is 0.413 e. The number of hydrogen-bond donors (Lipinski definition) is 3. The molecule has 2 aromatic carbocycles. The van der Waals surface area contributed by atoms with Crippen LogP contribution < -0.4 is 16.0 Å². The van der Waals surface area contributed by atoms with Crippen molar-refractivity contribution in [2.24, 2.45) is 5.92 Å². The van der Waals surface area contributed by atoms with Crippen LogP contribution in [-0.4, -0.2) is 32.8 Å². The molecule has 3 aromatic rings. The molecular weight excluding hydrogens is 605 g/mol. The van der Waals surface area contributed by atoms with Gasteiger partial charge >= 0.3 is 6.09 Å². The van der Waals surface area contributed by atoms with Gasteiger partial charge in [0.2, 0.25) is 5.91 Å². The van der Waals surface area contributed by atoms with Gasteiger partial charge < -0.3 is 15.4 Å². The maximum atomic E-state index is 13.6. The molecule has 3 amide bonds. The summed E-state index contributed by atoms with van der Waals surface area (Å²) in [6.07, 6.45) is -0.701. The maximum Gasteiger partial charge on any atom is 0.413 e. The van der Waals surface area contributed by atoms with Crippen molar-refractivity contribution in [3.63, 3.8) is 0 Å². The standard InChI is InChI=1S/C27H23Cl4FN4O4/c1-26(2,3)40-25(39)36-20-6-4-5-19(34-20)35-23(37)15-12-14(8-9-16(15)28)33-24(38)22-21(27(22,30)31)13-7-10-18(32)17(29)11-13/h4-12,21-22H,1-3H3,(H,33,38)(H2,34,35,36,37,39)/t21-,22+/m0/s1. The molecule has 1 aliphatic rings. The summed E-state index contributed by atoms with van der Waals surface area (Å²) in [7, 11) is 0. The van der Waals surface area contributed by atoms with E-state index in [1.54, 1.807) is 26.8 Å². The topological polar surface area (TPSA) is 109 Å². The summed E-state index contributed by atoms with van der Waals surface area (Å²) < 4.78 is 17.3. The number of nitrogens with zero attached hydrogens (tertiary/aromatic N) is 1. The summed E-state index contributed by atoms with van der Waals surface area (Å²) in [5.74, 6) is -2.89. The van der Waals surface area contributed by atoms with E-state index in [0.29, 0.717) is 5.56 Å². The summed E-state index contributed by atoms with van der Waals surface area (Å²) in [4.78, 5) is 42.2. The molecule has 2 atom stereocenters. The van der Waals surface area contributed by atoms with Gasteiger partial charge in [-0.2, -0.15) is 0 Å². The SMILES string of the molecule is CC(C)(C)OC(=O)Nc1cccc(NC(=O)c2cc(NC(=O)[C@H]3[C@H](c4ccc(F)c(Cl)c4)C3(Cl)Cl)ccc2Cl)n1. The molecule has 8 nitrogen and oxygen atoms in total. The molecule has 1 fully saturated rings. The largest absolute Gasteiger partial charge is 0.444 e. The number of alkyl halides is 2. The highest BCUT2D eigenvalue weighted by Gasteiger charge is 2.67. The lowest BCUT2D eigenvalue weighted by Crippen LogP contribution is -2.27. The van der Waals surface area contributed by atoms with Crippen LogP contribution in [0, 0.1) is 11.7 Å². The van der Waals surface area contributed by atoms with Crippen LogP contribution in [0.2, 0.25) is 10.0 Å². The van der Waals surface area contributed by atoms with E-state index in [4.69, 9.17) is 51.1 Å². The number of aromatic nitrogens is 1. The average Bonchev–Trinajstić information content (AvgIpc) is 3.42. The van der Waals surface area contributed by atoms with Crippen molar-refractivity contribution in [2.45, 2.75) is 36.6 Å². The summed E-state index contributed by atoms with van der Waals surface area (Å²) in [5, 5.41) is 7.80. The van der Waals surface area contributed by atoms with E-state index in [-0.39, 0.29) is 32.9 Å². The fourth-order valence-electron chi connectivity index (χ4n) is 3.94. The molecular formula is C27H23Cl4FN4O4. The fraction of sp³-hybridized carbons (Fsp3) is 0.259. The van der Waals surface area contributed by atoms with Crippen LogP contribution >= 0.6 is 46.4 Å². The van der Waals surface area contributed by atoms with Crippen LogP contribution in [0.15, 0.2) is 54.6 Å². The van der Waals surface area contributed by atoms with E-state index >= 15 is 0 Å². The number of amides is 3. The average molecular weight is 628 g/mol. The Balaban J connectivity index is 1.44. The third-order valence-corrected chi connectivity index (χ3v) is 7.30. The summed E-state index contributed by atoms with van der Waals surface area (Å²) in [5.41, 5.74) is 0.132. The lowest BCUT2D eigenvalue weighted by Gasteiger charge is -2.19. The Morgan fingerprint density at radius 2 is 1.60 bits per heavy atom. The highest BCUT2D eigenvalue weighted by atomic mass is 35.5. The first-order chi connectivity index (χ1) is 18.7. The molecule has 13 heteroatoms. The Morgan fingerprint density at radius 1 is 0.925 bits per heavy atom. The normalized spacial score (nSPS) is 17.5. The zero-order valence-electron chi connectivity index (χ0n) is 21.3. The number of anilines is 3. The predicted molar refractivity (Wildman–Crippen MR) is 154 cm³/mol. The monoisotopic (exact) mass is 626 g/mol. The van der Waals surface area contributed by atoms with E-state index < -0.39 is 45.5 Å². The van der Waals surface area contributed by atoms with E-state index in [1.807, 2.05) is 0 Å². The Hall–Kier alpha value is -3.11. The predicted octanol–water partition coefficient (Wildman–Crippen LogP) is 7.65. The molecule has 0 bridgehead atoms. The lowest BCUT2D eigenvalue weighted by molar-refractivity contribution is -0.117. The first-order valence-electron chi connectivity index (χ1n) is 11.9. The minimum atomic E-state index is -1.43. The first kappa shape index (κ1) is 29.9. The number of nitrogens with one attached hydrogen (secondary N) is 3. The van der Waals surface area contributed by atoms with Crippen molar-refractivity contribution in [1.29, 1.82) is 0 Å². The quantitative estimate of drug-likeness (QED) is 0.243. The van der Waals surface area contributed by atoms with Crippen LogP contribution in [-0.2, 0) is 9.53 Å². The molecule has 0 aliphatic heterocycles. The second-order valence-electron chi connectivity index (χ2n) is 9.98. The van der Waals surface area contributed by atoms with Crippen molar-refractivity contribution >= 4 is 81.6 Å². The van der Waals surface area contributed by atoms with Gasteiger partial charge in [0.15, 0.2) is 0 Å². The van der Waals surface area contributed by atoms with Gasteiger partial charge in [0, 0.05) is 11.6 Å². The highest BCUT2D eigenvalue weighted by Crippen LogP contribution is 2.65. The van der Waals surface area contributed by atoms with Crippen LogP contribution in [0.3, 0.4) is 0 Å². The van der Waals surface area contributed by atoms with Crippen LogP contribution in [0.1, 0.15) is 42.6 Å². The Labute approximate surface area is 249 Å². The van der Waals surface area contributed by atoms with Gasteiger partial charge in [-0.05, 0) is 68.8 Å². The molecule has 1 saturated carbocycles. The van der Waals surface area contributed by atoms with Gasteiger partial charge in [-0.15, -0.1) is 23.2 Å². The summed E-state index contributed by atoms with van der Waals surface area (Å²) in [6.45, 7) is 5.18. The summed E-state index contributed by atoms with van der Waals surface area (Å²) in [6, 6.07) is 13.0. The molecule has 40 heavy (non-hydrogen) atoms. The molecule has 0 saturated heterocycles. The second kappa shape index (κ2) is 11.4. The molecule has 4 rings (SSSR count). The van der Waals surface area contributed by atoms with Gasteiger partial charge in [0.1, 0.15) is 27.4 Å². The minimum Gasteiger partial charge on any atom is -0.444 e. The zero-order valence-corrected chi connectivity index (χ0v) is 24.3. The van der Waals surface area contributed by atoms with E-state index in [9.17, 15) is 18.8 Å². The van der Waals surface area contributed by atoms with Crippen LogP contribution in [0.4, 0.5) is 26.5 Å². The molecule has 3 N–H and O–H groups in total. The molecule has 1 aliphatic carbocycles. The van der Waals surface area contributed by atoms with Gasteiger partial charge in [-0.3, -0.25) is 14.9 Å². The third kappa shape index (κ3) is 6.96. The van der Waals surface area contributed by atoms with Crippen LogP contribution in [0.5, 0.6) is 0 Å². The molecule has 0 radical (unpaired) electrons. The number of rotatable bonds is 6. The van der Waals surface area contributed by atoms with Crippen LogP contribution in [0.25, 0.3) is 0 Å². The first-order valence-corrected chi connectivity index (χ1v) is 13.4. The van der Waals surface area contributed by atoms with Gasteiger partial charge in [0.25, 0.3) is 5.91 Å². The van der Waals surface area contributed by atoms with Crippen molar-refractivity contribution in [3.8, 4) is 0 Å². The highest BCUT2D eigenvalue weighted by molar-refractivity contribution is 6.53. The maximum absolute atomic E-state index is 13.6. The molecule has 1 heterocycles. The van der Waals surface area contributed by atoms with Crippen molar-refractivity contribution < 1.29 is 23.5 Å². The number of halogens is 5. The molecule has 0 unspecified atom stereocenters. The van der Waals surface area contributed by atoms with Crippen molar-refractivity contribution in [2.75, 3.05) is 16.0 Å². The molecule has 1 aromatic heterocycles.